The number of methoxy groups -OCH3 is 1. The molecule has 2 aliphatic heterocycles. The summed E-state index contributed by atoms with van der Waals surface area (Å²) in [6.45, 7) is 0.920. The number of halogens is 8. The number of anilines is 3. The first-order chi connectivity index (χ1) is 44.2. The quantitative estimate of drug-likeness (QED) is 0.0246. The van der Waals surface area contributed by atoms with Crippen LogP contribution in [0.1, 0.15) is 54.3 Å². The summed E-state index contributed by atoms with van der Waals surface area (Å²) in [5.74, 6) is -2.72. The summed E-state index contributed by atoms with van der Waals surface area (Å²) in [6.07, 6.45) is 0.0208. The van der Waals surface area contributed by atoms with Crippen LogP contribution in [0.4, 0.5) is 68.0 Å². The number of hydrogen-bond acceptors (Lipinski definition) is 23. The van der Waals surface area contributed by atoms with Gasteiger partial charge in [0.2, 0.25) is 28.5 Å². The van der Waals surface area contributed by atoms with Crippen LogP contribution in [0.15, 0.2) is 81.5 Å². The van der Waals surface area contributed by atoms with Crippen molar-refractivity contribution in [2.45, 2.75) is 88.2 Å². The number of carbonyl (C=O) groups is 5. The number of amides is 5. The van der Waals surface area contributed by atoms with Gasteiger partial charge in [-0.15, -0.1) is 6.42 Å². The van der Waals surface area contributed by atoms with E-state index in [9.17, 15) is 80.5 Å². The van der Waals surface area contributed by atoms with Gasteiger partial charge in [-0.1, -0.05) is 50.1 Å². The van der Waals surface area contributed by atoms with Crippen molar-refractivity contribution in [2.24, 2.45) is 16.1 Å². The Bertz CT molecular complexity index is 4190. The number of aryl methyl sites for hydroxylation is 2. The van der Waals surface area contributed by atoms with Crippen molar-refractivity contribution in [1.82, 2.24) is 43.3 Å². The lowest BCUT2D eigenvalue weighted by atomic mass is 9.92. The Balaban J connectivity index is 0.000000239. The van der Waals surface area contributed by atoms with Crippen molar-refractivity contribution >= 4 is 92.1 Å². The molecule has 3 aromatic heterocycles. The minimum Gasteiger partial charge on any atom is -0.481 e. The largest absolute Gasteiger partial charge is 0.481 e. The summed E-state index contributed by atoms with van der Waals surface area (Å²) in [5, 5.41) is 21.1. The number of carboxylic acid groups (broad SMARTS) is 2. The zero-order valence-corrected chi connectivity index (χ0v) is 53.0. The van der Waals surface area contributed by atoms with E-state index >= 15 is 0 Å². The lowest BCUT2D eigenvalue weighted by Crippen LogP contribution is -2.39. The Morgan fingerprint density at radius 2 is 1.46 bits per heavy atom. The van der Waals surface area contributed by atoms with Crippen LogP contribution in [0.3, 0.4) is 0 Å². The molecule has 0 radical (unpaired) electrons. The maximum atomic E-state index is 14.5. The van der Waals surface area contributed by atoms with Crippen molar-refractivity contribution in [3.63, 3.8) is 0 Å². The van der Waals surface area contributed by atoms with Gasteiger partial charge in [-0.25, -0.2) is 50.0 Å². The van der Waals surface area contributed by atoms with Crippen molar-refractivity contribution in [3.8, 4) is 35.9 Å². The van der Waals surface area contributed by atoms with Gasteiger partial charge in [0.25, 0.3) is 26.0 Å². The normalized spacial score (nSPS) is 14.2. The number of nitrogens with two attached hydrogens (primary N) is 1. The first-order valence-electron chi connectivity index (χ1n) is 26.5. The molecule has 6 aromatic rings. The molecule has 0 saturated carbocycles. The first kappa shape index (κ1) is 76.0. The molecule has 0 saturated heterocycles. The summed E-state index contributed by atoms with van der Waals surface area (Å²) in [7, 11) is -11.0. The number of urea groups is 2. The van der Waals surface area contributed by atoms with E-state index in [0.29, 0.717) is 22.3 Å². The smallest absolute Gasteiger partial charge is 0.389 e. The molecule has 43 heteroatoms. The van der Waals surface area contributed by atoms with Gasteiger partial charge in [-0.05, 0) is 55.0 Å². The third-order valence-electron chi connectivity index (χ3n) is 11.9. The van der Waals surface area contributed by atoms with E-state index in [-0.39, 0.29) is 66.1 Å². The zero-order chi connectivity index (χ0) is 71.0. The van der Waals surface area contributed by atoms with Crippen LogP contribution in [-0.4, -0.2) is 154 Å². The van der Waals surface area contributed by atoms with Crippen molar-refractivity contribution in [2.75, 3.05) is 48.6 Å². The molecule has 3 aromatic carbocycles. The molecule has 8 rings (SSSR count). The number of nitrogens with zero attached hydrogens (tertiary/aromatic N) is 9. The van der Waals surface area contributed by atoms with Gasteiger partial charge in [-0.3, -0.25) is 29.7 Å². The fourth-order valence-corrected chi connectivity index (χ4v) is 11.7. The first-order valence-corrected chi connectivity index (χ1v) is 32.5. The molecule has 9 N–H and O–H groups in total. The molecule has 2 atom stereocenters. The molecule has 95 heavy (non-hydrogen) atoms. The van der Waals surface area contributed by atoms with Crippen LogP contribution in [0.2, 0.25) is 0 Å². The average molecular weight is 1430 g/mol. The second-order valence-corrected chi connectivity index (χ2v) is 26.7. The summed E-state index contributed by atoms with van der Waals surface area (Å²) in [4.78, 5) is 89.2. The van der Waals surface area contributed by atoms with Crippen molar-refractivity contribution < 1.29 is 115 Å². The van der Waals surface area contributed by atoms with Crippen LogP contribution in [0, 0.1) is 30.5 Å². The number of aliphatic carboxylic acids is 1. The van der Waals surface area contributed by atoms with E-state index in [1.54, 1.807) is 10.0 Å². The molecular formula is C52H55F8N14O17PS3. The Morgan fingerprint density at radius 3 is 2.01 bits per heavy atom. The second kappa shape index (κ2) is 32.4. The van der Waals surface area contributed by atoms with E-state index in [4.69, 9.17) is 36.7 Å². The number of nitrogens with one attached hydrogen (secondary N) is 4. The summed E-state index contributed by atoms with van der Waals surface area (Å²) >= 11 is 1.24. The number of aromatic carboxylic acids is 1. The highest BCUT2D eigenvalue weighted by atomic mass is 32.2. The molecular weight excluding hydrogens is 1370 g/mol. The molecule has 0 fully saturated rings. The van der Waals surface area contributed by atoms with Crippen molar-refractivity contribution in [1.29, 1.82) is 0 Å². The van der Waals surface area contributed by atoms with Gasteiger partial charge in [0.15, 0.2) is 19.8 Å². The number of aromatic nitrogens is 7. The van der Waals surface area contributed by atoms with Gasteiger partial charge < -0.3 is 44.4 Å². The fourth-order valence-electron chi connectivity index (χ4n) is 7.85. The maximum absolute atomic E-state index is 14.5. The molecule has 5 heterocycles. The van der Waals surface area contributed by atoms with Crippen LogP contribution in [-0.2, 0) is 53.6 Å². The highest BCUT2D eigenvalue weighted by Crippen LogP contribution is 2.38. The lowest BCUT2D eigenvalue weighted by molar-refractivity contribution is -0.138. The van der Waals surface area contributed by atoms with E-state index in [1.165, 1.54) is 84.3 Å². The predicted octanol–water partition coefficient (Wildman–Crippen LogP) is 6.03. The number of hydrogen-bond donors (Lipinski definition) is 8. The number of fused-ring (bicyclic) bond motifs is 2. The highest BCUT2D eigenvalue weighted by molar-refractivity contribution is 7.90. The van der Waals surface area contributed by atoms with E-state index < -0.39 is 129 Å². The Morgan fingerprint density at radius 1 is 0.895 bits per heavy atom. The number of ether oxygens (including phenoxy) is 4. The number of rotatable bonds is 20. The third kappa shape index (κ3) is 23.7. The molecule has 514 valence electrons. The van der Waals surface area contributed by atoms with Gasteiger partial charge >= 0.3 is 49.4 Å². The molecule has 2 aliphatic rings. The number of alkyl halides is 7. The van der Waals surface area contributed by atoms with Gasteiger partial charge in [0, 0.05) is 49.8 Å². The van der Waals surface area contributed by atoms with E-state index in [0.717, 1.165) is 37.0 Å². The second-order valence-electron chi connectivity index (χ2n) is 20.1. The number of benzene rings is 3. The van der Waals surface area contributed by atoms with Crippen LogP contribution in [0.5, 0.6) is 23.5 Å². The zero-order valence-electron chi connectivity index (χ0n) is 49.7. The van der Waals surface area contributed by atoms with Crippen LogP contribution >= 0.6 is 18.9 Å². The molecule has 0 aliphatic carbocycles. The average Bonchev–Trinajstić information content (AvgIpc) is 1.74. The maximum Gasteiger partial charge on any atom is 0.389 e. The van der Waals surface area contributed by atoms with Crippen LogP contribution in [0.25, 0.3) is 0 Å². The summed E-state index contributed by atoms with van der Waals surface area (Å²) < 4.78 is 189. The van der Waals surface area contributed by atoms with Gasteiger partial charge in [0.05, 0.1) is 35.9 Å². The number of terminal acetylenes is 1. The van der Waals surface area contributed by atoms with Crippen molar-refractivity contribution in [3.05, 3.63) is 100 Å². The molecule has 0 bridgehead atoms. The standard InChI is InChI=1S/C18H17FN4O2S.C15H16F3N5O4S.C14H10F4N4O7S.C5H12NO4P/c1-4-5-22-13-7-12(11(19)6-14(13)25-9-16(22)24)20-17-23-10-18(2,3)8-15(23)21-26-17;1-9-19-12(22-14(20-9)27-2)21-13(24)23-28(25,26)11-6-4-3-5-10(11)7-8-15(16,17)18;15-11(16)28-8-5-9(29-12(17)18)20-13(19-8)21-14(25)22-30(26,27)7-4-2-1-3-6(7)10(23)24;1-11(9,10)3-2-4(6)5(7)8/h1,6-7H,5,8-10H2,2-3H3;3-6H,7-8H2,1-2H3,(H2,19,20,21,22,23,24);1-5,11-12H,(H,23,24)(H2,19,20,21,22,25);4H,2-3,6H2,1H3,(H,7,8)(H,9,10). The third-order valence-corrected chi connectivity index (χ3v) is 16.6. The summed E-state index contributed by atoms with van der Waals surface area (Å²) in [6, 6.07) is 8.76. The Labute approximate surface area is 536 Å². The predicted molar refractivity (Wildman–Crippen MR) is 316 cm³/mol. The molecule has 0 spiro atoms. The molecule has 2 unspecified atom stereocenters. The van der Waals surface area contributed by atoms with Gasteiger partial charge in [-0.2, -0.15) is 60.0 Å². The molecule has 5 amide bonds. The Kier molecular flexibility index (Phi) is 26.0. The number of carboxylic acids is 2. The SMILES string of the molecule is C#CCN1C(=O)COc2cc(F)c(N=c3snc4n3CC(C)(C)C4)cc21.COc1nc(C)nc(NC(=O)NS(=O)(=O)c2ccccc2CCC(F)(F)F)n1.CP(=O)(O)CCC(N)C(=O)O.O=C(Nc1nc(OC(F)F)cc(OC(F)F)n1)NS(=O)(=O)c1ccccc1C(=O)O. The number of sulfonamides is 2. The fraction of sp³-hybridized carbons (Fsp3) is 0.346. The minimum absolute atomic E-state index is 0.0412. The highest BCUT2D eigenvalue weighted by Gasteiger charge is 2.33. The van der Waals surface area contributed by atoms with Gasteiger partial charge in [0.1, 0.15) is 34.0 Å². The Hall–Kier alpha value is -9.69. The van der Waals surface area contributed by atoms with E-state index in [1.807, 2.05) is 4.57 Å². The number of carbonyl (C=O) groups excluding carboxylic acids is 3. The van der Waals surface area contributed by atoms with Crippen LogP contribution < -0.4 is 54.5 Å². The minimum atomic E-state index is -4.71. The molecule has 31 nitrogen and oxygen atoms in total. The van der Waals surface area contributed by atoms with E-state index in [2.05, 4.69) is 68.8 Å². The monoisotopic (exact) mass is 1430 g/mol. The summed E-state index contributed by atoms with van der Waals surface area (Å²) in [5.41, 5.74) is 5.05. The lowest BCUT2D eigenvalue weighted by Gasteiger charge is -2.28. The topological polar surface area (TPSA) is 440 Å².